The van der Waals surface area contributed by atoms with Crippen LogP contribution in [0.25, 0.3) is 0 Å². The number of nitrogens with two attached hydrogens (primary N) is 1. The van der Waals surface area contributed by atoms with Crippen LogP contribution in [0.15, 0.2) is 18.3 Å². The van der Waals surface area contributed by atoms with E-state index in [1.54, 1.807) is 23.2 Å². The number of anilines is 2. The molecule has 0 fully saturated rings. The molecule has 1 atom stereocenters. The molecule has 0 spiro atoms. The van der Waals surface area contributed by atoms with E-state index >= 15 is 0 Å². The Morgan fingerprint density at radius 2 is 2.18 bits per heavy atom. The third-order valence-corrected chi connectivity index (χ3v) is 2.61. The van der Waals surface area contributed by atoms with Gasteiger partial charge >= 0.3 is 0 Å². The highest BCUT2D eigenvalue weighted by atomic mass is 16.2. The Morgan fingerprint density at radius 3 is 2.71 bits per heavy atom. The lowest BCUT2D eigenvalue weighted by Gasteiger charge is -2.24. The van der Waals surface area contributed by atoms with Crippen LogP contribution in [0.2, 0.25) is 0 Å². The van der Waals surface area contributed by atoms with Crippen LogP contribution in [-0.4, -0.2) is 34.9 Å². The first-order chi connectivity index (χ1) is 8.08. The highest BCUT2D eigenvalue weighted by Gasteiger charge is 2.17. The molecular weight excluding hydrogens is 216 g/mol. The van der Waals surface area contributed by atoms with Crippen LogP contribution in [0.1, 0.15) is 20.8 Å². The largest absolute Gasteiger partial charge is 0.384 e. The summed E-state index contributed by atoms with van der Waals surface area (Å²) in [4.78, 5) is 17.7. The summed E-state index contributed by atoms with van der Waals surface area (Å²) in [5, 5.41) is 3.12. The number of carbonyl (C=O) groups excluding carboxylic acids is 1. The number of rotatable bonds is 5. The van der Waals surface area contributed by atoms with Crippen molar-refractivity contribution in [2.24, 2.45) is 0 Å². The molecule has 17 heavy (non-hydrogen) atoms. The van der Waals surface area contributed by atoms with E-state index in [9.17, 15) is 4.79 Å². The summed E-state index contributed by atoms with van der Waals surface area (Å²) in [7, 11) is 0. The Bertz CT molecular complexity index is 377. The molecule has 3 N–H and O–H groups in total. The third-order valence-electron chi connectivity index (χ3n) is 2.61. The molecule has 1 aromatic heterocycles. The Morgan fingerprint density at radius 1 is 1.53 bits per heavy atom. The second-order valence-electron chi connectivity index (χ2n) is 3.85. The predicted octanol–water partition coefficient (Wildman–Crippen LogP) is 1.33. The third kappa shape index (κ3) is 3.62. The van der Waals surface area contributed by atoms with Crippen molar-refractivity contribution in [1.82, 2.24) is 9.88 Å². The van der Waals surface area contributed by atoms with E-state index in [2.05, 4.69) is 10.3 Å². The van der Waals surface area contributed by atoms with E-state index in [1.165, 1.54) is 0 Å². The molecule has 0 bridgehead atoms. The monoisotopic (exact) mass is 236 g/mol. The molecular formula is C12H20N4O. The number of amides is 1. The summed E-state index contributed by atoms with van der Waals surface area (Å²) in [5.41, 5.74) is 6.39. The SMILES string of the molecule is CCN(CC)C(=O)C(C)Nc1ccnc(N)c1. The number of hydrogen-bond acceptors (Lipinski definition) is 4. The topological polar surface area (TPSA) is 71.2 Å². The Hall–Kier alpha value is -1.78. The van der Waals surface area contributed by atoms with E-state index in [4.69, 9.17) is 5.73 Å². The lowest BCUT2D eigenvalue weighted by atomic mass is 10.2. The second-order valence-corrected chi connectivity index (χ2v) is 3.85. The molecule has 0 aliphatic rings. The summed E-state index contributed by atoms with van der Waals surface area (Å²) in [6.45, 7) is 7.23. The minimum Gasteiger partial charge on any atom is -0.384 e. The van der Waals surface area contributed by atoms with Crippen molar-refractivity contribution >= 4 is 17.4 Å². The average molecular weight is 236 g/mol. The molecule has 5 heteroatoms. The van der Waals surface area contributed by atoms with E-state index in [1.807, 2.05) is 20.8 Å². The molecule has 1 rings (SSSR count). The molecule has 1 aromatic rings. The number of carbonyl (C=O) groups is 1. The van der Waals surface area contributed by atoms with Crippen molar-refractivity contribution < 1.29 is 4.79 Å². The summed E-state index contributed by atoms with van der Waals surface area (Å²) in [6.07, 6.45) is 1.62. The number of likely N-dealkylation sites (N-methyl/N-ethyl adjacent to an activating group) is 1. The Labute approximate surface area is 102 Å². The van der Waals surface area contributed by atoms with Gasteiger partial charge in [0.05, 0.1) is 0 Å². The second kappa shape index (κ2) is 6.08. The highest BCUT2D eigenvalue weighted by molar-refractivity contribution is 5.84. The molecule has 94 valence electrons. The van der Waals surface area contributed by atoms with Crippen LogP contribution >= 0.6 is 0 Å². The van der Waals surface area contributed by atoms with Crippen LogP contribution in [0.4, 0.5) is 11.5 Å². The fourth-order valence-corrected chi connectivity index (χ4v) is 1.66. The smallest absolute Gasteiger partial charge is 0.244 e. The molecule has 0 aromatic carbocycles. The lowest BCUT2D eigenvalue weighted by Crippen LogP contribution is -2.41. The molecule has 1 unspecified atom stereocenters. The number of hydrogen-bond donors (Lipinski definition) is 2. The number of pyridine rings is 1. The molecule has 0 aliphatic heterocycles. The molecule has 1 amide bonds. The maximum Gasteiger partial charge on any atom is 0.244 e. The van der Waals surface area contributed by atoms with E-state index in [0.29, 0.717) is 5.82 Å². The van der Waals surface area contributed by atoms with Gasteiger partial charge < -0.3 is 16.0 Å². The van der Waals surface area contributed by atoms with Crippen LogP contribution in [-0.2, 0) is 4.79 Å². The Kier molecular flexibility index (Phi) is 4.75. The average Bonchev–Trinajstić information content (AvgIpc) is 2.30. The van der Waals surface area contributed by atoms with Gasteiger partial charge in [-0.25, -0.2) is 4.98 Å². The molecule has 0 radical (unpaired) electrons. The molecule has 0 saturated carbocycles. The summed E-state index contributed by atoms with van der Waals surface area (Å²) in [6, 6.07) is 3.24. The van der Waals surface area contributed by atoms with Crippen LogP contribution < -0.4 is 11.1 Å². The maximum absolute atomic E-state index is 12.0. The van der Waals surface area contributed by atoms with Crippen LogP contribution in [0.3, 0.4) is 0 Å². The fraction of sp³-hybridized carbons (Fsp3) is 0.500. The van der Waals surface area contributed by atoms with Crippen molar-refractivity contribution in [3.63, 3.8) is 0 Å². The maximum atomic E-state index is 12.0. The number of nitrogen functional groups attached to an aromatic ring is 1. The van der Waals surface area contributed by atoms with Gasteiger partial charge in [-0.2, -0.15) is 0 Å². The zero-order valence-electron chi connectivity index (χ0n) is 10.6. The van der Waals surface area contributed by atoms with Crippen molar-refractivity contribution in [2.75, 3.05) is 24.1 Å². The number of nitrogens with zero attached hydrogens (tertiary/aromatic N) is 2. The van der Waals surface area contributed by atoms with Gasteiger partial charge in [0.2, 0.25) is 5.91 Å². The molecule has 5 nitrogen and oxygen atoms in total. The molecule has 0 saturated heterocycles. The van der Waals surface area contributed by atoms with Gasteiger partial charge in [0, 0.05) is 31.0 Å². The highest BCUT2D eigenvalue weighted by Crippen LogP contribution is 2.11. The molecule has 0 aliphatic carbocycles. The van der Waals surface area contributed by atoms with Crippen LogP contribution in [0, 0.1) is 0 Å². The van der Waals surface area contributed by atoms with Gasteiger partial charge in [-0.15, -0.1) is 0 Å². The van der Waals surface area contributed by atoms with E-state index in [0.717, 1.165) is 18.8 Å². The van der Waals surface area contributed by atoms with Gasteiger partial charge in [-0.1, -0.05) is 0 Å². The van der Waals surface area contributed by atoms with Gasteiger partial charge in [0.1, 0.15) is 11.9 Å². The van der Waals surface area contributed by atoms with Crippen molar-refractivity contribution in [1.29, 1.82) is 0 Å². The first kappa shape index (κ1) is 13.3. The minimum absolute atomic E-state index is 0.0883. The summed E-state index contributed by atoms with van der Waals surface area (Å²) >= 11 is 0. The zero-order valence-corrected chi connectivity index (χ0v) is 10.6. The fourth-order valence-electron chi connectivity index (χ4n) is 1.66. The first-order valence-corrected chi connectivity index (χ1v) is 5.85. The molecule has 1 heterocycles. The quantitative estimate of drug-likeness (QED) is 0.809. The Balaban J connectivity index is 2.65. The zero-order chi connectivity index (χ0) is 12.8. The minimum atomic E-state index is -0.267. The van der Waals surface area contributed by atoms with Gasteiger partial charge in [-0.3, -0.25) is 4.79 Å². The van der Waals surface area contributed by atoms with E-state index in [-0.39, 0.29) is 11.9 Å². The van der Waals surface area contributed by atoms with Gasteiger partial charge in [0.15, 0.2) is 0 Å². The van der Waals surface area contributed by atoms with Crippen molar-refractivity contribution in [3.05, 3.63) is 18.3 Å². The van der Waals surface area contributed by atoms with Crippen LogP contribution in [0.5, 0.6) is 0 Å². The first-order valence-electron chi connectivity index (χ1n) is 5.85. The number of nitrogens with one attached hydrogen (secondary N) is 1. The van der Waals surface area contributed by atoms with Gasteiger partial charge in [-0.05, 0) is 26.8 Å². The predicted molar refractivity (Wildman–Crippen MR) is 69.7 cm³/mol. The van der Waals surface area contributed by atoms with E-state index < -0.39 is 0 Å². The normalized spacial score (nSPS) is 11.9. The summed E-state index contributed by atoms with van der Waals surface area (Å²) in [5.74, 6) is 0.530. The van der Waals surface area contributed by atoms with Crippen molar-refractivity contribution in [3.8, 4) is 0 Å². The van der Waals surface area contributed by atoms with Gasteiger partial charge in [0.25, 0.3) is 0 Å². The standard InChI is InChI=1S/C12H20N4O/c1-4-16(5-2)12(17)9(3)15-10-6-7-14-11(13)8-10/h6-9H,4-5H2,1-3H3,(H3,13,14,15). The lowest BCUT2D eigenvalue weighted by molar-refractivity contribution is -0.131. The summed E-state index contributed by atoms with van der Waals surface area (Å²) < 4.78 is 0. The van der Waals surface area contributed by atoms with Crippen molar-refractivity contribution in [2.45, 2.75) is 26.8 Å². The number of aromatic nitrogens is 1.